The predicted molar refractivity (Wildman–Crippen MR) is 118 cm³/mol. The van der Waals surface area contributed by atoms with Gasteiger partial charge in [0.25, 0.3) is 0 Å². The van der Waals surface area contributed by atoms with Crippen LogP contribution in [0.15, 0.2) is 47.4 Å². The van der Waals surface area contributed by atoms with Crippen LogP contribution in [0.1, 0.15) is 45.6 Å². The van der Waals surface area contributed by atoms with E-state index in [9.17, 15) is 0 Å². The number of rotatable bonds is 7. The molecule has 148 valence electrons. The minimum absolute atomic E-state index is 0.120. The monoisotopic (exact) mass is 386 g/mol. The van der Waals surface area contributed by atoms with Gasteiger partial charge in [-0.05, 0) is 60.3 Å². The molecule has 27 heavy (non-hydrogen) atoms. The number of benzene rings is 2. The van der Waals surface area contributed by atoms with Gasteiger partial charge in [0.2, 0.25) is 0 Å². The molecule has 2 aromatic rings. The van der Waals surface area contributed by atoms with Crippen LogP contribution < -0.4 is 4.74 Å². The van der Waals surface area contributed by atoms with Gasteiger partial charge in [0.15, 0.2) is 6.29 Å². The van der Waals surface area contributed by atoms with Gasteiger partial charge in [0.05, 0.1) is 6.61 Å². The second kappa shape index (κ2) is 9.16. The van der Waals surface area contributed by atoms with Crippen molar-refractivity contribution >= 4 is 10.0 Å². The van der Waals surface area contributed by atoms with Crippen LogP contribution >= 0.6 is 10.0 Å². The summed E-state index contributed by atoms with van der Waals surface area (Å²) in [6.07, 6.45) is 3.18. The molecule has 0 amide bonds. The Morgan fingerprint density at radius 2 is 1.70 bits per heavy atom. The van der Waals surface area contributed by atoms with Gasteiger partial charge in [0, 0.05) is 16.9 Å². The molecule has 3 rings (SSSR count). The summed E-state index contributed by atoms with van der Waals surface area (Å²) in [6, 6.07) is 15.3. The van der Waals surface area contributed by atoms with E-state index in [4.69, 9.17) is 9.47 Å². The van der Waals surface area contributed by atoms with E-state index < -0.39 is 10.0 Å². The molecular weight excluding hydrogens is 352 g/mol. The zero-order valence-corrected chi connectivity index (χ0v) is 18.1. The van der Waals surface area contributed by atoms with Gasteiger partial charge in [-0.2, -0.15) is 0 Å². The minimum atomic E-state index is -0.904. The Morgan fingerprint density at radius 1 is 1.00 bits per heavy atom. The molecule has 1 heterocycles. The van der Waals surface area contributed by atoms with Gasteiger partial charge in [-0.15, -0.1) is 0 Å². The van der Waals surface area contributed by atoms with Crippen molar-refractivity contribution in [2.75, 3.05) is 23.9 Å². The average Bonchev–Trinajstić information content (AvgIpc) is 2.72. The molecule has 0 N–H and O–H groups in total. The van der Waals surface area contributed by atoms with E-state index in [-0.39, 0.29) is 6.29 Å². The summed E-state index contributed by atoms with van der Waals surface area (Å²) < 4.78 is 12.6. The number of aryl methyl sites for hydroxylation is 1. The zero-order chi connectivity index (χ0) is 19.3. The van der Waals surface area contributed by atoms with Gasteiger partial charge in [-0.25, -0.2) is 10.0 Å². The molecule has 1 atom stereocenters. The first-order valence-corrected chi connectivity index (χ1v) is 12.5. The predicted octanol–water partition coefficient (Wildman–Crippen LogP) is 6.79. The summed E-state index contributed by atoms with van der Waals surface area (Å²) in [5.41, 5.74) is 3.75. The Balaban J connectivity index is 2.17. The number of hydrogen-bond acceptors (Lipinski definition) is 2. The van der Waals surface area contributed by atoms with Crippen LogP contribution in [0.2, 0.25) is 0 Å². The largest absolute Gasteiger partial charge is 0.463 e. The molecule has 3 heteroatoms. The van der Waals surface area contributed by atoms with E-state index in [0.717, 1.165) is 25.2 Å². The molecule has 1 aliphatic rings. The standard InChI is InChI=1S/C24H34O2S/c1-5-27(6-2,7-3)22-18-19(4)17-21(20-13-9-8-10-14-20)24(22)26-23-15-11-12-16-25-23/h8-10,13-14,17-18,23H,5-7,11-12,15-16H2,1-4H3. The summed E-state index contributed by atoms with van der Waals surface area (Å²) in [6.45, 7) is 10.0. The van der Waals surface area contributed by atoms with Crippen LogP contribution in [-0.4, -0.2) is 30.2 Å². The molecule has 1 unspecified atom stereocenters. The SMILES string of the molecule is CCS(CC)(CC)c1cc(C)cc(-c2ccccc2)c1OC1CCCCO1. The smallest absolute Gasteiger partial charge is 0.199 e. The molecule has 0 radical (unpaired) electrons. The van der Waals surface area contributed by atoms with Crippen molar-refractivity contribution in [2.45, 2.75) is 58.1 Å². The molecule has 0 aliphatic carbocycles. The van der Waals surface area contributed by atoms with Crippen LogP contribution in [-0.2, 0) is 4.74 Å². The first kappa shape index (κ1) is 20.3. The second-order valence-corrected chi connectivity index (χ2v) is 11.6. The summed E-state index contributed by atoms with van der Waals surface area (Å²) in [7, 11) is -0.904. The van der Waals surface area contributed by atoms with Crippen molar-refractivity contribution in [1.82, 2.24) is 0 Å². The zero-order valence-electron chi connectivity index (χ0n) is 17.3. The van der Waals surface area contributed by atoms with Gasteiger partial charge in [0.1, 0.15) is 5.75 Å². The van der Waals surface area contributed by atoms with Crippen molar-refractivity contribution in [3.63, 3.8) is 0 Å². The van der Waals surface area contributed by atoms with Crippen LogP contribution in [0.4, 0.5) is 0 Å². The molecule has 0 saturated carbocycles. The van der Waals surface area contributed by atoms with Crippen molar-refractivity contribution in [1.29, 1.82) is 0 Å². The van der Waals surface area contributed by atoms with E-state index >= 15 is 0 Å². The van der Waals surface area contributed by atoms with Crippen LogP contribution in [0.25, 0.3) is 11.1 Å². The molecule has 2 nitrogen and oxygen atoms in total. The summed E-state index contributed by atoms with van der Waals surface area (Å²) >= 11 is 0. The Morgan fingerprint density at radius 3 is 2.30 bits per heavy atom. The number of ether oxygens (including phenoxy) is 2. The topological polar surface area (TPSA) is 18.5 Å². The van der Waals surface area contributed by atoms with E-state index in [2.05, 4.69) is 70.2 Å². The van der Waals surface area contributed by atoms with E-state index in [1.165, 1.54) is 45.3 Å². The maximum absolute atomic E-state index is 6.64. The van der Waals surface area contributed by atoms with Crippen molar-refractivity contribution in [3.8, 4) is 16.9 Å². The van der Waals surface area contributed by atoms with E-state index in [0.29, 0.717) is 0 Å². The Hall–Kier alpha value is -1.45. The fourth-order valence-electron chi connectivity index (χ4n) is 4.03. The highest BCUT2D eigenvalue weighted by Crippen LogP contribution is 2.60. The lowest BCUT2D eigenvalue weighted by molar-refractivity contribution is -0.106. The molecule has 2 aromatic carbocycles. The van der Waals surface area contributed by atoms with E-state index in [1.807, 2.05) is 0 Å². The second-order valence-electron chi connectivity index (χ2n) is 7.33. The molecule has 1 aliphatic heterocycles. The summed E-state index contributed by atoms with van der Waals surface area (Å²) in [5, 5.41) is 0. The third kappa shape index (κ3) is 4.35. The summed E-state index contributed by atoms with van der Waals surface area (Å²) in [4.78, 5) is 1.43. The highest BCUT2D eigenvalue weighted by atomic mass is 32.3. The normalized spacial score (nSPS) is 18.3. The lowest BCUT2D eigenvalue weighted by Crippen LogP contribution is -2.26. The summed E-state index contributed by atoms with van der Waals surface area (Å²) in [5.74, 6) is 4.65. The first-order valence-electron chi connectivity index (χ1n) is 10.4. The molecule has 0 aromatic heterocycles. The maximum Gasteiger partial charge on any atom is 0.199 e. The van der Waals surface area contributed by atoms with E-state index in [1.54, 1.807) is 0 Å². The quantitative estimate of drug-likeness (QED) is 0.521. The highest BCUT2D eigenvalue weighted by Gasteiger charge is 2.29. The molecule has 0 spiro atoms. The van der Waals surface area contributed by atoms with Gasteiger partial charge in [-0.3, -0.25) is 0 Å². The molecule has 1 saturated heterocycles. The molecule has 0 bridgehead atoms. The Bertz CT molecular complexity index is 723. The fraction of sp³-hybridized carbons (Fsp3) is 0.500. The lowest BCUT2D eigenvalue weighted by atomic mass is 10.0. The Kier molecular flexibility index (Phi) is 6.88. The maximum atomic E-state index is 6.64. The van der Waals surface area contributed by atoms with Crippen molar-refractivity contribution in [2.24, 2.45) is 0 Å². The molecular formula is C24H34O2S. The van der Waals surface area contributed by atoms with Crippen molar-refractivity contribution < 1.29 is 9.47 Å². The first-order chi connectivity index (χ1) is 13.1. The fourth-order valence-corrected chi connectivity index (χ4v) is 7.17. The van der Waals surface area contributed by atoms with Gasteiger partial charge >= 0.3 is 0 Å². The van der Waals surface area contributed by atoms with Gasteiger partial charge in [-0.1, -0.05) is 51.1 Å². The average molecular weight is 387 g/mol. The van der Waals surface area contributed by atoms with Gasteiger partial charge < -0.3 is 9.47 Å². The minimum Gasteiger partial charge on any atom is -0.463 e. The Labute approximate surface area is 166 Å². The third-order valence-corrected chi connectivity index (χ3v) is 10.3. The van der Waals surface area contributed by atoms with Crippen LogP contribution in [0, 0.1) is 6.92 Å². The van der Waals surface area contributed by atoms with Crippen LogP contribution in [0.3, 0.4) is 0 Å². The third-order valence-electron chi connectivity index (χ3n) is 5.80. The lowest BCUT2D eigenvalue weighted by Gasteiger charge is -2.40. The van der Waals surface area contributed by atoms with Crippen LogP contribution in [0.5, 0.6) is 5.75 Å². The van der Waals surface area contributed by atoms with Crippen molar-refractivity contribution in [3.05, 3.63) is 48.0 Å². The molecule has 1 fully saturated rings. The highest BCUT2D eigenvalue weighted by molar-refractivity contribution is 8.33. The number of hydrogen-bond donors (Lipinski definition) is 0.